The molecule has 1 saturated carbocycles. The van der Waals surface area contributed by atoms with Gasteiger partial charge in [-0.2, -0.15) is 5.26 Å². The topological polar surface area (TPSA) is 96.7 Å². The second kappa shape index (κ2) is 8.94. The van der Waals surface area contributed by atoms with Crippen molar-refractivity contribution in [3.8, 4) is 17.5 Å². The largest absolute Gasteiger partial charge is 0.467 e. The maximum atomic E-state index is 12.5. The van der Waals surface area contributed by atoms with Crippen LogP contribution in [-0.2, 0) is 11.3 Å². The van der Waals surface area contributed by atoms with Crippen LogP contribution in [0.5, 0.6) is 0 Å². The van der Waals surface area contributed by atoms with Gasteiger partial charge in [0, 0.05) is 10.6 Å². The van der Waals surface area contributed by atoms with Gasteiger partial charge in [0.1, 0.15) is 11.3 Å². The van der Waals surface area contributed by atoms with E-state index < -0.39 is 5.54 Å². The summed E-state index contributed by atoms with van der Waals surface area (Å²) in [5, 5.41) is 22.2. The SMILES string of the molecule is N#CC1(NC(=O)CSc2nnc(-c3ccc(Cl)cc3)n2Cc2ccco2)CCCC1. The van der Waals surface area contributed by atoms with Crippen LogP contribution < -0.4 is 5.32 Å². The van der Waals surface area contributed by atoms with E-state index in [9.17, 15) is 10.1 Å². The van der Waals surface area contributed by atoms with Crippen LogP contribution in [0.2, 0.25) is 5.02 Å². The monoisotopic (exact) mass is 441 g/mol. The van der Waals surface area contributed by atoms with E-state index in [-0.39, 0.29) is 11.7 Å². The van der Waals surface area contributed by atoms with Gasteiger partial charge in [0.25, 0.3) is 0 Å². The molecule has 1 aromatic carbocycles. The molecule has 1 N–H and O–H groups in total. The molecule has 0 atom stereocenters. The molecule has 3 aromatic rings. The molecule has 1 fully saturated rings. The second-order valence-electron chi connectivity index (χ2n) is 7.22. The lowest BCUT2D eigenvalue weighted by atomic mass is 10.0. The van der Waals surface area contributed by atoms with Crippen LogP contribution in [0.1, 0.15) is 31.4 Å². The summed E-state index contributed by atoms with van der Waals surface area (Å²) >= 11 is 7.30. The molecule has 154 valence electrons. The van der Waals surface area contributed by atoms with Crippen LogP contribution in [0.15, 0.2) is 52.2 Å². The van der Waals surface area contributed by atoms with Gasteiger partial charge in [0.2, 0.25) is 5.91 Å². The fraction of sp³-hybridized carbons (Fsp3) is 0.333. The Morgan fingerprint density at radius 1 is 1.27 bits per heavy atom. The number of benzene rings is 1. The summed E-state index contributed by atoms with van der Waals surface area (Å²) in [5.41, 5.74) is 0.137. The average Bonchev–Trinajstić information content (AvgIpc) is 3.50. The normalized spacial score (nSPS) is 15.1. The zero-order valence-electron chi connectivity index (χ0n) is 16.2. The van der Waals surface area contributed by atoms with E-state index in [0.717, 1.165) is 24.2 Å². The Bertz CT molecular complexity index is 1050. The standard InChI is InChI=1S/C21H20ClN5O2S/c22-16-7-5-15(6-8-16)19-25-26-20(27(19)12-17-4-3-11-29-17)30-13-18(28)24-21(14-23)9-1-2-10-21/h3-8,11H,1-2,9-10,12-13H2,(H,24,28). The Morgan fingerprint density at radius 3 is 2.70 bits per heavy atom. The number of nitriles is 1. The summed E-state index contributed by atoms with van der Waals surface area (Å²) in [7, 11) is 0. The first-order valence-electron chi connectivity index (χ1n) is 9.65. The van der Waals surface area contributed by atoms with E-state index in [1.165, 1.54) is 11.8 Å². The molecule has 9 heteroatoms. The molecular formula is C21H20ClN5O2S. The van der Waals surface area contributed by atoms with Gasteiger partial charge >= 0.3 is 0 Å². The summed E-state index contributed by atoms with van der Waals surface area (Å²) in [4.78, 5) is 12.5. The minimum absolute atomic E-state index is 0.153. The van der Waals surface area contributed by atoms with Gasteiger partial charge < -0.3 is 9.73 Å². The summed E-state index contributed by atoms with van der Waals surface area (Å²) < 4.78 is 7.40. The van der Waals surface area contributed by atoms with Crippen molar-refractivity contribution in [3.05, 3.63) is 53.4 Å². The number of furan rings is 1. The molecule has 2 heterocycles. The Morgan fingerprint density at radius 2 is 2.03 bits per heavy atom. The maximum Gasteiger partial charge on any atom is 0.231 e. The van der Waals surface area contributed by atoms with Crippen molar-refractivity contribution in [2.24, 2.45) is 0 Å². The van der Waals surface area contributed by atoms with Gasteiger partial charge in [0.05, 0.1) is 24.6 Å². The Hall–Kier alpha value is -2.76. The highest BCUT2D eigenvalue weighted by atomic mass is 35.5. The molecule has 0 radical (unpaired) electrons. The summed E-state index contributed by atoms with van der Waals surface area (Å²) in [5.74, 6) is 1.39. The van der Waals surface area contributed by atoms with Crippen LogP contribution in [-0.4, -0.2) is 32.0 Å². The molecule has 0 unspecified atom stereocenters. The van der Waals surface area contributed by atoms with Gasteiger partial charge in [0.15, 0.2) is 11.0 Å². The number of carbonyl (C=O) groups excluding carboxylic acids is 1. The smallest absolute Gasteiger partial charge is 0.231 e. The first-order valence-corrected chi connectivity index (χ1v) is 11.0. The van der Waals surface area contributed by atoms with Crippen molar-refractivity contribution in [1.29, 1.82) is 5.26 Å². The van der Waals surface area contributed by atoms with Gasteiger partial charge in [-0.25, -0.2) is 0 Å². The van der Waals surface area contributed by atoms with Crippen molar-refractivity contribution in [3.63, 3.8) is 0 Å². The van der Waals surface area contributed by atoms with Crippen molar-refractivity contribution in [1.82, 2.24) is 20.1 Å². The maximum absolute atomic E-state index is 12.5. The summed E-state index contributed by atoms with van der Waals surface area (Å²) in [6.07, 6.45) is 4.95. The Balaban J connectivity index is 1.53. The number of aromatic nitrogens is 3. The van der Waals surface area contributed by atoms with E-state index in [2.05, 4.69) is 21.6 Å². The first kappa shape index (κ1) is 20.5. The number of hydrogen-bond donors (Lipinski definition) is 1. The van der Waals surface area contributed by atoms with Crippen molar-refractivity contribution < 1.29 is 9.21 Å². The van der Waals surface area contributed by atoms with Crippen LogP contribution >= 0.6 is 23.4 Å². The molecule has 1 aliphatic carbocycles. The van der Waals surface area contributed by atoms with E-state index in [0.29, 0.717) is 35.4 Å². The number of thioether (sulfide) groups is 1. The van der Waals surface area contributed by atoms with Crippen LogP contribution in [0, 0.1) is 11.3 Å². The highest BCUT2D eigenvalue weighted by molar-refractivity contribution is 7.99. The highest BCUT2D eigenvalue weighted by Gasteiger charge is 2.35. The molecule has 0 saturated heterocycles. The molecule has 0 bridgehead atoms. The predicted molar refractivity (Wildman–Crippen MR) is 114 cm³/mol. The lowest BCUT2D eigenvalue weighted by molar-refractivity contribution is -0.119. The number of rotatable bonds is 7. The van der Waals surface area contributed by atoms with Crippen molar-refractivity contribution >= 4 is 29.3 Å². The lowest BCUT2D eigenvalue weighted by Gasteiger charge is -2.21. The fourth-order valence-corrected chi connectivity index (χ4v) is 4.45. The van der Waals surface area contributed by atoms with Crippen molar-refractivity contribution in [2.75, 3.05) is 5.75 Å². The van der Waals surface area contributed by atoms with E-state index in [1.54, 1.807) is 18.4 Å². The minimum Gasteiger partial charge on any atom is -0.467 e. The number of nitrogens with zero attached hydrogens (tertiary/aromatic N) is 4. The third-order valence-corrected chi connectivity index (χ3v) is 6.31. The number of carbonyl (C=O) groups is 1. The minimum atomic E-state index is -0.728. The van der Waals surface area contributed by atoms with Crippen LogP contribution in [0.4, 0.5) is 0 Å². The van der Waals surface area contributed by atoms with E-state index in [4.69, 9.17) is 16.0 Å². The molecule has 1 aliphatic rings. The zero-order chi connectivity index (χ0) is 21.0. The number of halogens is 1. The van der Waals surface area contributed by atoms with Gasteiger partial charge in [-0.05, 0) is 62.1 Å². The number of hydrogen-bond acceptors (Lipinski definition) is 6. The van der Waals surface area contributed by atoms with Gasteiger partial charge in [-0.3, -0.25) is 9.36 Å². The van der Waals surface area contributed by atoms with E-state index >= 15 is 0 Å². The van der Waals surface area contributed by atoms with Gasteiger partial charge in [-0.1, -0.05) is 23.4 Å². The second-order valence-corrected chi connectivity index (χ2v) is 8.60. The van der Waals surface area contributed by atoms with Gasteiger partial charge in [-0.15, -0.1) is 10.2 Å². The van der Waals surface area contributed by atoms with Crippen LogP contribution in [0.3, 0.4) is 0 Å². The van der Waals surface area contributed by atoms with E-state index in [1.807, 2.05) is 28.8 Å². The molecular weight excluding hydrogens is 422 g/mol. The number of nitrogens with one attached hydrogen (secondary N) is 1. The quantitative estimate of drug-likeness (QED) is 0.549. The summed E-state index contributed by atoms with van der Waals surface area (Å²) in [6.45, 7) is 0.435. The lowest BCUT2D eigenvalue weighted by Crippen LogP contribution is -2.45. The molecule has 7 nitrogen and oxygen atoms in total. The summed E-state index contributed by atoms with van der Waals surface area (Å²) in [6, 6.07) is 13.3. The molecule has 0 spiro atoms. The Kier molecular flexibility index (Phi) is 6.11. The number of amides is 1. The Labute approximate surface area is 183 Å². The molecule has 2 aromatic heterocycles. The van der Waals surface area contributed by atoms with Crippen LogP contribution in [0.25, 0.3) is 11.4 Å². The predicted octanol–water partition coefficient (Wildman–Crippen LogP) is 4.28. The molecule has 30 heavy (non-hydrogen) atoms. The molecule has 0 aliphatic heterocycles. The molecule has 4 rings (SSSR count). The first-order chi connectivity index (χ1) is 14.6. The molecule has 1 amide bonds. The fourth-order valence-electron chi connectivity index (χ4n) is 3.59. The highest BCUT2D eigenvalue weighted by Crippen LogP contribution is 2.30. The van der Waals surface area contributed by atoms with Crippen molar-refractivity contribution in [2.45, 2.75) is 42.9 Å². The third kappa shape index (κ3) is 4.53. The average molecular weight is 442 g/mol. The zero-order valence-corrected chi connectivity index (χ0v) is 17.7. The third-order valence-electron chi connectivity index (χ3n) is 5.10.